The van der Waals surface area contributed by atoms with E-state index in [9.17, 15) is 18.0 Å². The van der Waals surface area contributed by atoms with Crippen LogP contribution in [0.4, 0.5) is 5.69 Å². The highest BCUT2D eigenvalue weighted by Crippen LogP contribution is 2.31. The number of carbonyl (C=O) groups is 2. The third-order valence-corrected chi connectivity index (χ3v) is 9.25. The van der Waals surface area contributed by atoms with Crippen molar-refractivity contribution in [2.45, 2.75) is 64.6 Å². The maximum absolute atomic E-state index is 14.2. The van der Waals surface area contributed by atoms with Crippen LogP contribution >= 0.6 is 34.8 Å². The van der Waals surface area contributed by atoms with Crippen LogP contribution in [0.25, 0.3) is 0 Å². The molecule has 0 aromatic heterocycles. The number of aryl methyl sites for hydroxylation is 2. The fraction of sp³-hybridized carbons (Fsp3) is 0.333. The molecule has 0 saturated heterocycles. The van der Waals surface area contributed by atoms with Crippen LogP contribution in [0.15, 0.2) is 65.6 Å². The van der Waals surface area contributed by atoms with Gasteiger partial charge in [0.1, 0.15) is 12.6 Å². The Morgan fingerprint density at radius 3 is 2.10 bits per heavy atom. The number of benzene rings is 3. The molecule has 0 radical (unpaired) electrons. The van der Waals surface area contributed by atoms with Crippen molar-refractivity contribution >= 4 is 62.3 Å². The minimum atomic E-state index is -4.23. The summed E-state index contributed by atoms with van der Waals surface area (Å²) in [6.45, 7) is 8.31. The summed E-state index contributed by atoms with van der Waals surface area (Å²) in [6.07, 6.45) is 0.271. The molecule has 3 aromatic carbocycles. The lowest BCUT2D eigenvalue weighted by Crippen LogP contribution is -2.53. The van der Waals surface area contributed by atoms with Crippen molar-refractivity contribution in [1.82, 2.24) is 10.2 Å². The van der Waals surface area contributed by atoms with Gasteiger partial charge < -0.3 is 10.2 Å². The average molecular weight is 639 g/mol. The Labute approximate surface area is 257 Å². The fourth-order valence-electron chi connectivity index (χ4n) is 4.36. The minimum absolute atomic E-state index is 0.0144. The molecule has 3 rings (SSSR count). The molecule has 0 fully saturated rings. The van der Waals surface area contributed by atoms with E-state index < -0.39 is 28.5 Å². The maximum Gasteiger partial charge on any atom is 0.264 e. The van der Waals surface area contributed by atoms with Gasteiger partial charge in [0.2, 0.25) is 11.8 Å². The number of nitrogens with zero attached hydrogens (tertiary/aromatic N) is 2. The van der Waals surface area contributed by atoms with Crippen molar-refractivity contribution in [3.8, 4) is 0 Å². The summed E-state index contributed by atoms with van der Waals surface area (Å²) in [5.74, 6) is -0.979. The van der Waals surface area contributed by atoms with Gasteiger partial charge in [0, 0.05) is 33.2 Å². The van der Waals surface area contributed by atoms with Crippen LogP contribution in [0.2, 0.25) is 15.1 Å². The van der Waals surface area contributed by atoms with E-state index in [0.29, 0.717) is 26.2 Å². The second-order valence-electron chi connectivity index (χ2n) is 10.1. The van der Waals surface area contributed by atoms with E-state index in [4.69, 9.17) is 34.8 Å². The van der Waals surface area contributed by atoms with Gasteiger partial charge in [-0.2, -0.15) is 0 Å². The number of nitrogens with one attached hydrogen (secondary N) is 1. The number of amides is 2. The second-order valence-corrected chi connectivity index (χ2v) is 13.2. The Morgan fingerprint density at radius 2 is 1.54 bits per heavy atom. The molecule has 41 heavy (non-hydrogen) atoms. The van der Waals surface area contributed by atoms with Gasteiger partial charge in [-0.15, -0.1) is 0 Å². The van der Waals surface area contributed by atoms with E-state index in [-0.39, 0.29) is 35.5 Å². The van der Waals surface area contributed by atoms with Gasteiger partial charge in [0.25, 0.3) is 10.0 Å². The predicted molar refractivity (Wildman–Crippen MR) is 166 cm³/mol. The van der Waals surface area contributed by atoms with Gasteiger partial charge in [-0.25, -0.2) is 8.42 Å². The number of rotatable bonds is 11. The number of anilines is 1. The van der Waals surface area contributed by atoms with Crippen LogP contribution in [-0.4, -0.2) is 43.8 Å². The van der Waals surface area contributed by atoms with Gasteiger partial charge in [-0.1, -0.05) is 71.6 Å². The summed E-state index contributed by atoms with van der Waals surface area (Å²) in [5.41, 5.74) is 2.19. The first-order chi connectivity index (χ1) is 19.3. The third kappa shape index (κ3) is 7.95. The molecule has 11 heteroatoms. The molecule has 220 valence electrons. The van der Waals surface area contributed by atoms with Crippen LogP contribution in [-0.2, 0) is 26.2 Å². The Morgan fingerprint density at radius 1 is 0.927 bits per heavy atom. The van der Waals surface area contributed by atoms with Gasteiger partial charge in [-0.3, -0.25) is 13.9 Å². The first-order valence-corrected chi connectivity index (χ1v) is 15.7. The second kappa shape index (κ2) is 13.9. The fourth-order valence-corrected chi connectivity index (χ4v) is 6.51. The third-order valence-electron chi connectivity index (χ3n) is 6.53. The number of sulfonamides is 1. The molecule has 0 bridgehead atoms. The zero-order valence-electron chi connectivity index (χ0n) is 23.6. The Kier molecular flexibility index (Phi) is 11.1. The normalized spacial score (nSPS) is 12.2. The first kappa shape index (κ1) is 32.7. The highest BCUT2D eigenvalue weighted by atomic mass is 35.5. The molecule has 2 amide bonds. The summed E-state index contributed by atoms with van der Waals surface area (Å²) in [5, 5.41) is 3.82. The molecule has 0 heterocycles. The summed E-state index contributed by atoms with van der Waals surface area (Å²) in [7, 11) is -4.23. The average Bonchev–Trinajstić information content (AvgIpc) is 2.90. The number of hydrogen-bond donors (Lipinski definition) is 1. The zero-order valence-corrected chi connectivity index (χ0v) is 26.7. The standard InChI is InChI=1S/C30H34Cl3N3O4S/c1-6-27(30(38)34-19(2)3)35(17-24-25(32)8-7-9-26(24)33)29(37)18-36(28-16-22(31)13-12-21(28)5)41(39,40)23-14-10-20(4)11-15-23/h7-16,19,27H,6,17-18H2,1-5H3,(H,34,38)/t27-/m1/s1. The zero-order chi connectivity index (χ0) is 30.5. The Balaban J connectivity index is 2.15. The molecular formula is C30H34Cl3N3O4S. The topological polar surface area (TPSA) is 86.8 Å². The molecule has 0 unspecified atom stereocenters. The van der Waals surface area contributed by atoms with Gasteiger partial charge >= 0.3 is 0 Å². The number of carbonyl (C=O) groups excluding carboxylic acids is 2. The van der Waals surface area contributed by atoms with Crippen molar-refractivity contribution < 1.29 is 18.0 Å². The van der Waals surface area contributed by atoms with Crippen molar-refractivity contribution in [1.29, 1.82) is 0 Å². The predicted octanol–water partition coefficient (Wildman–Crippen LogP) is 6.79. The lowest BCUT2D eigenvalue weighted by molar-refractivity contribution is -0.140. The van der Waals surface area contributed by atoms with Crippen LogP contribution < -0.4 is 9.62 Å². The molecular weight excluding hydrogens is 605 g/mol. The van der Waals surface area contributed by atoms with E-state index in [1.165, 1.54) is 23.1 Å². The van der Waals surface area contributed by atoms with E-state index >= 15 is 0 Å². The first-order valence-electron chi connectivity index (χ1n) is 13.1. The number of hydrogen-bond acceptors (Lipinski definition) is 4. The minimum Gasteiger partial charge on any atom is -0.352 e. The molecule has 7 nitrogen and oxygen atoms in total. The summed E-state index contributed by atoms with van der Waals surface area (Å²) in [6, 6.07) is 15.1. The summed E-state index contributed by atoms with van der Waals surface area (Å²) >= 11 is 19.2. The molecule has 0 aliphatic rings. The highest BCUT2D eigenvalue weighted by molar-refractivity contribution is 7.92. The molecule has 1 N–H and O–H groups in total. The van der Waals surface area contributed by atoms with E-state index in [2.05, 4.69) is 5.32 Å². The molecule has 0 saturated carbocycles. The van der Waals surface area contributed by atoms with Crippen molar-refractivity contribution in [2.24, 2.45) is 0 Å². The Bertz CT molecular complexity index is 1490. The molecule has 0 aliphatic heterocycles. The monoisotopic (exact) mass is 637 g/mol. The summed E-state index contributed by atoms with van der Waals surface area (Å²) < 4.78 is 29.1. The van der Waals surface area contributed by atoms with Crippen molar-refractivity contribution in [2.75, 3.05) is 10.8 Å². The lowest BCUT2D eigenvalue weighted by atomic mass is 10.1. The van der Waals surface area contributed by atoms with Crippen molar-refractivity contribution in [3.63, 3.8) is 0 Å². The van der Waals surface area contributed by atoms with E-state index in [0.717, 1.165) is 9.87 Å². The highest BCUT2D eigenvalue weighted by Gasteiger charge is 2.35. The summed E-state index contributed by atoms with van der Waals surface area (Å²) in [4.78, 5) is 28.8. The van der Waals surface area contributed by atoms with E-state index in [1.54, 1.807) is 56.3 Å². The van der Waals surface area contributed by atoms with Crippen LogP contribution in [0.1, 0.15) is 43.9 Å². The molecule has 0 aliphatic carbocycles. The van der Waals surface area contributed by atoms with E-state index in [1.807, 2.05) is 20.8 Å². The maximum atomic E-state index is 14.2. The quantitative estimate of drug-likeness (QED) is 0.251. The Hall–Kier alpha value is -2.78. The van der Waals surface area contributed by atoms with Crippen LogP contribution in [0.3, 0.4) is 0 Å². The largest absolute Gasteiger partial charge is 0.352 e. The molecule has 0 spiro atoms. The van der Waals surface area contributed by atoms with Crippen LogP contribution in [0.5, 0.6) is 0 Å². The SMILES string of the molecule is CC[C@H](C(=O)NC(C)C)N(Cc1c(Cl)cccc1Cl)C(=O)CN(c1cc(Cl)ccc1C)S(=O)(=O)c1ccc(C)cc1. The lowest BCUT2D eigenvalue weighted by Gasteiger charge is -2.34. The van der Waals surface area contributed by atoms with Crippen LogP contribution in [0, 0.1) is 13.8 Å². The van der Waals surface area contributed by atoms with Gasteiger partial charge in [-0.05, 0) is 76.1 Å². The smallest absolute Gasteiger partial charge is 0.264 e. The van der Waals surface area contributed by atoms with Gasteiger partial charge in [0.05, 0.1) is 10.6 Å². The number of halogens is 3. The van der Waals surface area contributed by atoms with Crippen molar-refractivity contribution in [3.05, 3.63) is 92.4 Å². The molecule has 3 aromatic rings. The molecule has 1 atom stereocenters. The van der Waals surface area contributed by atoms with Gasteiger partial charge in [0.15, 0.2) is 0 Å².